The van der Waals surface area contributed by atoms with Crippen molar-refractivity contribution in [2.45, 2.75) is 25.9 Å². The van der Waals surface area contributed by atoms with Gasteiger partial charge in [-0.15, -0.1) is 0 Å². The molecular weight excluding hydrogens is 171 g/mol. The maximum absolute atomic E-state index is 14.0. The van der Waals surface area contributed by atoms with Crippen LogP contribution in [0.4, 0.5) is 4.39 Å². The summed E-state index contributed by atoms with van der Waals surface area (Å²) in [5, 5.41) is 5.30. The summed E-state index contributed by atoms with van der Waals surface area (Å²) >= 11 is 0. The summed E-state index contributed by atoms with van der Waals surface area (Å²) in [4.78, 5) is 11.3. The summed E-state index contributed by atoms with van der Waals surface area (Å²) in [5.74, 6) is -0.521. The molecule has 1 atom stereocenters. The van der Waals surface area contributed by atoms with E-state index in [0.717, 1.165) is 6.54 Å². The van der Waals surface area contributed by atoms with Crippen molar-refractivity contribution in [1.29, 1.82) is 0 Å². The highest BCUT2D eigenvalue weighted by Crippen LogP contribution is 2.33. The second-order valence-electron chi connectivity index (χ2n) is 4.49. The van der Waals surface area contributed by atoms with Crippen LogP contribution in [0, 0.1) is 5.41 Å². The highest BCUT2D eigenvalue weighted by atomic mass is 19.1. The molecule has 0 radical (unpaired) electrons. The number of hydrogen-bond acceptors (Lipinski definition) is 2. The predicted molar refractivity (Wildman–Crippen MR) is 49.2 cm³/mol. The fourth-order valence-corrected chi connectivity index (χ4v) is 1.87. The molecule has 1 rings (SSSR count). The molecule has 1 aliphatic rings. The number of carbonyl (C=O) groups excluding carboxylic acids is 1. The van der Waals surface area contributed by atoms with Crippen LogP contribution in [0.15, 0.2) is 0 Å². The monoisotopic (exact) mass is 188 g/mol. The summed E-state index contributed by atoms with van der Waals surface area (Å²) in [7, 11) is 1.46. The van der Waals surface area contributed by atoms with Crippen molar-refractivity contribution < 1.29 is 9.18 Å². The molecule has 0 aromatic rings. The largest absolute Gasteiger partial charge is 0.356 e. The van der Waals surface area contributed by atoms with Crippen LogP contribution in [-0.4, -0.2) is 31.7 Å². The summed E-state index contributed by atoms with van der Waals surface area (Å²) in [6.07, 6.45) is 0.284. The second kappa shape index (κ2) is 3.25. The molecule has 0 aliphatic carbocycles. The van der Waals surface area contributed by atoms with E-state index in [1.165, 1.54) is 7.05 Å². The highest BCUT2D eigenvalue weighted by Gasteiger charge is 2.45. The van der Waals surface area contributed by atoms with E-state index in [1.807, 2.05) is 13.8 Å². The number of nitrogens with one attached hydrogen (secondary N) is 2. The molecule has 1 heterocycles. The van der Waals surface area contributed by atoms with E-state index in [-0.39, 0.29) is 18.4 Å². The van der Waals surface area contributed by atoms with Gasteiger partial charge in [0.15, 0.2) is 0 Å². The first-order chi connectivity index (χ1) is 5.90. The molecule has 13 heavy (non-hydrogen) atoms. The number of rotatable bonds is 1. The van der Waals surface area contributed by atoms with Crippen molar-refractivity contribution in [2.75, 3.05) is 20.1 Å². The van der Waals surface area contributed by atoms with E-state index in [0.29, 0.717) is 0 Å². The van der Waals surface area contributed by atoms with Gasteiger partial charge in [-0.2, -0.15) is 0 Å². The van der Waals surface area contributed by atoms with E-state index in [1.54, 1.807) is 0 Å². The minimum Gasteiger partial charge on any atom is -0.356 e. The van der Waals surface area contributed by atoms with Gasteiger partial charge in [0.05, 0.1) is 0 Å². The molecule has 1 amide bonds. The number of carbonyl (C=O) groups is 1. The molecule has 0 spiro atoms. The lowest BCUT2D eigenvalue weighted by Gasteiger charge is -2.38. The van der Waals surface area contributed by atoms with E-state index < -0.39 is 11.6 Å². The van der Waals surface area contributed by atoms with Gasteiger partial charge >= 0.3 is 0 Å². The van der Waals surface area contributed by atoms with Crippen molar-refractivity contribution in [3.8, 4) is 0 Å². The van der Waals surface area contributed by atoms with Gasteiger partial charge in [0.1, 0.15) is 0 Å². The smallest absolute Gasteiger partial charge is 0.258 e. The zero-order valence-corrected chi connectivity index (χ0v) is 8.41. The van der Waals surface area contributed by atoms with Gasteiger partial charge in [-0.25, -0.2) is 4.39 Å². The number of piperidine rings is 1. The lowest BCUT2D eigenvalue weighted by molar-refractivity contribution is -0.135. The normalized spacial score (nSPS) is 32.6. The molecule has 76 valence electrons. The summed E-state index contributed by atoms with van der Waals surface area (Å²) < 4.78 is 14.0. The van der Waals surface area contributed by atoms with Crippen LogP contribution in [0.1, 0.15) is 20.3 Å². The number of alkyl halides is 1. The van der Waals surface area contributed by atoms with Gasteiger partial charge < -0.3 is 10.6 Å². The molecule has 0 bridgehead atoms. The third-order valence-corrected chi connectivity index (χ3v) is 2.40. The minimum absolute atomic E-state index is 0.121. The zero-order valence-electron chi connectivity index (χ0n) is 8.41. The standard InChI is InChI=1S/C9H17FN2O/c1-8(2)4-9(10,6-12-5-8)7(13)11-3/h12H,4-6H2,1-3H3,(H,11,13). The summed E-state index contributed by atoms with van der Waals surface area (Å²) in [6.45, 7) is 4.79. The van der Waals surface area contributed by atoms with Gasteiger partial charge in [0.2, 0.25) is 5.67 Å². The van der Waals surface area contributed by atoms with E-state index in [4.69, 9.17) is 0 Å². The summed E-state index contributed by atoms with van der Waals surface area (Å²) in [6, 6.07) is 0. The van der Waals surface area contributed by atoms with Gasteiger partial charge in [-0.3, -0.25) is 4.79 Å². The molecule has 1 fully saturated rings. The Balaban J connectivity index is 2.74. The third kappa shape index (κ3) is 2.18. The fourth-order valence-electron chi connectivity index (χ4n) is 1.87. The summed E-state index contributed by atoms with van der Waals surface area (Å²) in [5.41, 5.74) is -1.89. The Morgan fingerprint density at radius 2 is 2.08 bits per heavy atom. The van der Waals surface area contributed by atoms with Gasteiger partial charge in [0, 0.05) is 20.1 Å². The first-order valence-electron chi connectivity index (χ1n) is 4.51. The highest BCUT2D eigenvalue weighted by molar-refractivity contribution is 5.85. The van der Waals surface area contributed by atoms with Gasteiger partial charge in [-0.1, -0.05) is 13.8 Å². The average Bonchev–Trinajstić information content (AvgIpc) is 2.00. The first kappa shape index (κ1) is 10.4. The second-order valence-corrected chi connectivity index (χ2v) is 4.49. The Morgan fingerprint density at radius 1 is 1.46 bits per heavy atom. The fraction of sp³-hybridized carbons (Fsp3) is 0.889. The van der Waals surface area contributed by atoms with Crippen molar-refractivity contribution in [3.05, 3.63) is 0 Å². The molecule has 0 saturated carbocycles. The maximum atomic E-state index is 14.0. The molecule has 0 aromatic heterocycles. The van der Waals surface area contributed by atoms with E-state index >= 15 is 0 Å². The molecule has 2 N–H and O–H groups in total. The van der Waals surface area contributed by atoms with Crippen molar-refractivity contribution in [1.82, 2.24) is 10.6 Å². The van der Waals surface area contributed by atoms with Crippen LogP contribution in [0.25, 0.3) is 0 Å². The van der Waals surface area contributed by atoms with Crippen LogP contribution >= 0.6 is 0 Å². The Kier molecular flexibility index (Phi) is 2.61. The molecule has 3 nitrogen and oxygen atoms in total. The first-order valence-corrected chi connectivity index (χ1v) is 4.51. The molecular formula is C9H17FN2O. The Bertz CT molecular complexity index is 218. The van der Waals surface area contributed by atoms with Gasteiger partial charge in [0.25, 0.3) is 5.91 Å². The topological polar surface area (TPSA) is 41.1 Å². The quantitative estimate of drug-likeness (QED) is 0.627. The molecule has 0 aromatic carbocycles. The van der Waals surface area contributed by atoms with Crippen molar-refractivity contribution >= 4 is 5.91 Å². The van der Waals surface area contributed by atoms with Crippen LogP contribution in [-0.2, 0) is 4.79 Å². The average molecular weight is 188 g/mol. The lowest BCUT2D eigenvalue weighted by Crippen LogP contribution is -2.57. The van der Waals surface area contributed by atoms with Crippen molar-refractivity contribution in [3.63, 3.8) is 0 Å². The molecule has 1 aliphatic heterocycles. The van der Waals surface area contributed by atoms with E-state index in [9.17, 15) is 9.18 Å². The van der Waals surface area contributed by atoms with Crippen molar-refractivity contribution in [2.24, 2.45) is 5.41 Å². The van der Waals surface area contributed by atoms with Gasteiger partial charge in [-0.05, 0) is 11.8 Å². The predicted octanol–water partition coefficient (Wildman–Crippen LogP) is 0.460. The van der Waals surface area contributed by atoms with E-state index in [2.05, 4.69) is 10.6 Å². The Labute approximate surface area is 78.1 Å². The van der Waals surface area contributed by atoms with Crippen LogP contribution in [0.2, 0.25) is 0 Å². The third-order valence-electron chi connectivity index (χ3n) is 2.40. The Morgan fingerprint density at radius 3 is 2.54 bits per heavy atom. The van der Waals surface area contributed by atoms with Crippen LogP contribution in [0.5, 0.6) is 0 Å². The number of amides is 1. The minimum atomic E-state index is -1.74. The molecule has 1 unspecified atom stereocenters. The maximum Gasteiger partial charge on any atom is 0.258 e. The SMILES string of the molecule is CNC(=O)C1(F)CNCC(C)(C)C1. The number of halogens is 1. The van der Waals surface area contributed by atoms with Crippen LogP contribution in [0.3, 0.4) is 0 Å². The lowest BCUT2D eigenvalue weighted by atomic mass is 9.77. The Hall–Kier alpha value is -0.640. The molecule has 4 heteroatoms. The zero-order chi connectivity index (χ0) is 10.1. The number of hydrogen-bond donors (Lipinski definition) is 2. The molecule has 1 saturated heterocycles. The van der Waals surface area contributed by atoms with Crippen LogP contribution < -0.4 is 10.6 Å².